The first-order chi connectivity index (χ1) is 6.53. The van der Waals surface area contributed by atoms with Crippen LogP contribution >= 0.6 is 0 Å². The number of hydrogen-bond acceptors (Lipinski definition) is 4. The summed E-state index contributed by atoms with van der Waals surface area (Å²) in [7, 11) is 0. The van der Waals surface area contributed by atoms with Gasteiger partial charge in [0.05, 0.1) is 24.2 Å². The van der Waals surface area contributed by atoms with Crippen LogP contribution in [0.25, 0.3) is 0 Å². The lowest BCUT2D eigenvalue weighted by Gasteiger charge is -2.28. The first-order valence-corrected chi connectivity index (χ1v) is 4.67. The van der Waals surface area contributed by atoms with E-state index in [2.05, 4.69) is 0 Å². The molecule has 0 aromatic heterocycles. The predicted octanol–water partition coefficient (Wildman–Crippen LogP) is -0.391. The molecule has 0 spiro atoms. The highest BCUT2D eigenvalue weighted by atomic mass is 16.5. The second-order valence-corrected chi connectivity index (χ2v) is 3.76. The molecule has 0 aromatic rings. The van der Waals surface area contributed by atoms with Crippen LogP contribution in [0.5, 0.6) is 0 Å². The molecule has 0 bridgehead atoms. The molecule has 0 radical (unpaired) electrons. The number of aliphatic hydroxyl groups excluding tert-OH is 2. The van der Waals surface area contributed by atoms with Crippen molar-refractivity contribution >= 4 is 5.97 Å². The fourth-order valence-electron chi connectivity index (χ4n) is 1.90. The zero-order chi connectivity index (χ0) is 10.8. The summed E-state index contributed by atoms with van der Waals surface area (Å²) in [5.41, 5.74) is -1.04. The van der Waals surface area contributed by atoms with Crippen LogP contribution in [-0.2, 0) is 9.53 Å². The van der Waals surface area contributed by atoms with Gasteiger partial charge in [0.2, 0.25) is 0 Å². The summed E-state index contributed by atoms with van der Waals surface area (Å²) in [6.07, 6.45) is -0.975. The van der Waals surface area contributed by atoms with E-state index in [9.17, 15) is 9.90 Å². The Labute approximate surface area is 82.3 Å². The van der Waals surface area contributed by atoms with Crippen LogP contribution in [0.15, 0.2) is 0 Å². The summed E-state index contributed by atoms with van der Waals surface area (Å²) in [4.78, 5) is 11.1. The Morgan fingerprint density at radius 3 is 2.71 bits per heavy atom. The van der Waals surface area contributed by atoms with Gasteiger partial charge in [0.1, 0.15) is 0 Å². The van der Waals surface area contributed by atoms with Gasteiger partial charge < -0.3 is 20.1 Å². The van der Waals surface area contributed by atoms with Crippen molar-refractivity contribution in [2.45, 2.75) is 32.0 Å². The molecule has 3 atom stereocenters. The standard InChI is InChI=1S/C9H16O5/c1-6-9(8(12)13,2-3-14-6)4-7(11)5-10/h6-7,10-11H,2-5H2,1H3,(H,12,13). The van der Waals surface area contributed by atoms with E-state index in [0.29, 0.717) is 13.0 Å². The molecule has 0 amide bonds. The molecule has 14 heavy (non-hydrogen) atoms. The maximum Gasteiger partial charge on any atom is 0.312 e. The third-order valence-electron chi connectivity index (χ3n) is 2.93. The van der Waals surface area contributed by atoms with Crippen molar-refractivity contribution in [1.82, 2.24) is 0 Å². The van der Waals surface area contributed by atoms with Gasteiger partial charge >= 0.3 is 5.97 Å². The number of carbonyl (C=O) groups is 1. The molecule has 1 aliphatic heterocycles. The summed E-state index contributed by atoms with van der Waals surface area (Å²) in [6.45, 7) is 1.67. The first-order valence-electron chi connectivity index (χ1n) is 4.67. The van der Waals surface area contributed by atoms with Crippen molar-refractivity contribution in [2.75, 3.05) is 13.2 Å². The van der Waals surface area contributed by atoms with Gasteiger partial charge in [-0.15, -0.1) is 0 Å². The van der Waals surface area contributed by atoms with Crippen molar-refractivity contribution < 1.29 is 24.9 Å². The van der Waals surface area contributed by atoms with E-state index in [-0.39, 0.29) is 6.42 Å². The minimum atomic E-state index is -1.04. The highest BCUT2D eigenvalue weighted by Gasteiger charge is 2.49. The van der Waals surface area contributed by atoms with Crippen LogP contribution in [0, 0.1) is 5.41 Å². The lowest BCUT2D eigenvalue weighted by atomic mass is 9.77. The Kier molecular flexibility index (Phi) is 3.47. The molecule has 5 heteroatoms. The van der Waals surface area contributed by atoms with E-state index in [1.807, 2.05) is 0 Å². The van der Waals surface area contributed by atoms with Gasteiger partial charge in [-0.2, -0.15) is 0 Å². The van der Waals surface area contributed by atoms with E-state index < -0.39 is 30.2 Å². The van der Waals surface area contributed by atoms with Crippen molar-refractivity contribution in [2.24, 2.45) is 5.41 Å². The van der Waals surface area contributed by atoms with Gasteiger partial charge in [0, 0.05) is 6.61 Å². The van der Waals surface area contributed by atoms with Crippen LogP contribution in [-0.4, -0.2) is 46.7 Å². The van der Waals surface area contributed by atoms with Crippen LogP contribution < -0.4 is 0 Å². The zero-order valence-electron chi connectivity index (χ0n) is 8.14. The summed E-state index contributed by atoms with van der Waals surface area (Å²) < 4.78 is 5.20. The van der Waals surface area contributed by atoms with E-state index in [4.69, 9.17) is 14.9 Å². The molecule has 0 aliphatic carbocycles. The smallest absolute Gasteiger partial charge is 0.312 e. The molecule has 5 nitrogen and oxygen atoms in total. The summed E-state index contributed by atoms with van der Waals surface area (Å²) in [5, 5.41) is 27.1. The minimum absolute atomic E-state index is 0.0417. The van der Waals surface area contributed by atoms with Gasteiger partial charge in [-0.05, 0) is 19.8 Å². The van der Waals surface area contributed by atoms with Crippen molar-refractivity contribution in [3.05, 3.63) is 0 Å². The molecule has 82 valence electrons. The van der Waals surface area contributed by atoms with Gasteiger partial charge in [-0.1, -0.05) is 0 Å². The number of aliphatic hydroxyl groups is 2. The number of ether oxygens (including phenoxy) is 1. The molecule has 1 rings (SSSR count). The molecule has 0 aromatic carbocycles. The average molecular weight is 204 g/mol. The van der Waals surface area contributed by atoms with E-state index >= 15 is 0 Å². The second kappa shape index (κ2) is 4.25. The summed E-state index contributed by atoms with van der Waals surface area (Å²) in [6, 6.07) is 0. The Morgan fingerprint density at radius 1 is 1.71 bits per heavy atom. The Hall–Kier alpha value is -0.650. The maximum absolute atomic E-state index is 11.1. The number of aliphatic carboxylic acids is 1. The monoisotopic (exact) mass is 204 g/mol. The van der Waals surface area contributed by atoms with Gasteiger partial charge in [-0.25, -0.2) is 0 Å². The SMILES string of the molecule is CC1OCCC1(CC(O)CO)C(=O)O. The highest BCUT2D eigenvalue weighted by Crippen LogP contribution is 2.39. The van der Waals surface area contributed by atoms with Crippen LogP contribution in [0.1, 0.15) is 19.8 Å². The third-order valence-corrected chi connectivity index (χ3v) is 2.93. The van der Waals surface area contributed by atoms with Crippen LogP contribution in [0.2, 0.25) is 0 Å². The molecule has 1 heterocycles. The number of carboxylic acids is 1. The quantitative estimate of drug-likeness (QED) is 0.580. The number of rotatable bonds is 4. The molecule has 3 unspecified atom stereocenters. The van der Waals surface area contributed by atoms with Crippen LogP contribution in [0.3, 0.4) is 0 Å². The van der Waals surface area contributed by atoms with Gasteiger partial charge in [-0.3, -0.25) is 4.79 Å². The van der Waals surface area contributed by atoms with Crippen molar-refractivity contribution in [3.63, 3.8) is 0 Å². The average Bonchev–Trinajstić information content (AvgIpc) is 2.49. The number of carboxylic acid groups (broad SMARTS) is 1. The third kappa shape index (κ3) is 1.89. The fourth-order valence-corrected chi connectivity index (χ4v) is 1.90. The minimum Gasteiger partial charge on any atom is -0.481 e. The Morgan fingerprint density at radius 2 is 2.36 bits per heavy atom. The molecular weight excluding hydrogens is 188 g/mol. The normalized spacial score (nSPS) is 34.4. The molecule has 1 aliphatic rings. The second-order valence-electron chi connectivity index (χ2n) is 3.76. The van der Waals surface area contributed by atoms with E-state index in [1.165, 1.54) is 0 Å². The van der Waals surface area contributed by atoms with Gasteiger partial charge in [0.15, 0.2) is 0 Å². The fraction of sp³-hybridized carbons (Fsp3) is 0.889. The molecule has 1 saturated heterocycles. The van der Waals surface area contributed by atoms with E-state index in [0.717, 1.165) is 0 Å². The molecule has 0 saturated carbocycles. The van der Waals surface area contributed by atoms with Crippen LogP contribution in [0.4, 0.5) is 0 Å². The lowest BCUT2D eigenvalue weighted by Crippen LogP contribution is -2.41. The summed E-state index contributed by atoms with van der Waals surface area (Å²) >= 11 is 0. The van der Waals surface area contributed by atoms with E-state index in [1.54, 1.807) is 6.92 Å². The van der Waals surface area contributed by atoms with Crippen molar-refractivity contribution in [1.29, 1.82) is 0 Å². The largest absolute Gasteiger partial charge is 0.481 e. The molecule has 1 fully saturated rings. The van der Waals surface area contributed by atoms with Crippen molar-refractivity contribution in [3.8, 4) is 0 Å². The predicted molar refractivity (Wildman–Crippen MR) is 47.8 cm³/mol. The molecule has 3 N–H and O–H groups in total. The maximum atomic E-state index is 11.1. The summed E-state index contributed by atoms with van der Waals surface area (Å²) in [5.74, 6) is -0.963. The number of hydrogen-bond donors (Lipinski definition) is 3. The first kappa shape index (κ1) is 11.4. The highest BCUT2D eigenvalue weighted by molar-refractivity contribution is 5.75. The molecular formula is C9H16O5. The zero-order valence-corrected chi connectivity index (χ0v) is 8.14. The lowest BCUT2D eigenvalue weighted by molar-refractivity contribution is -0.154. The topological polar surface area (TPSA) is 87.0 Å². The Balaban J connectivity index is 2.77. The van der Waals surface area contributed by atoms with Gasteiger partial charge in [0.25, 0.3) is 0 Å². The Bertz CT molecular complexity index is 217.